The number of ether oxygens (including phenoxy) is 9. The molecule has 0 spiro atoms. The highest BCUT2D eigenvalue weighted by Gasteiger charge is 2.54. The van der Waals surface area contributed by atoms with E-state index in [0.29, 0.717) is 0 Å². The minimum Gasteiger partial charge on any atom is -0.457 e. The van der Waals surface area contributed by atoms with Crippen LogP contribution in [0.2, 0.25) is 0 Å². The largest absolute Gasteiger partial charge is 0.457 e. The number of halogens is 1. The Hall–Kier alpha value is -5.35. The summed E-state index contributed by atoms with van der Waals surface area (Å²) < 4.78 is 75.4. The fourth-order valence-electron chi connectivity index (χ4n) is 7.78. The Morgan fingerprint density at radius 2 is 0.938 bits per heavy atom. The zero-order valence-corrected chi connectivity index (χ0v) is 36.7. The fraction of sp³-hybridized carbons (Fsp3) is 0.385. The summed E-state index contributed by atoms with van der Waals surface area (Å²) in [4.78, 5) is 25.5. The van der Waals surface area contributed by atoms with Crippen molar-refractivity contribution < 1.29 is 56.6 Å². The van der Waals surface area contributed by atoms with Crippen LogP contribution in [-0.2, 0) is 85.3 Å². The van der Waals surface area contributed by atoms with E-state index in [1.807, 2.05) is 152 Å². The van der Waals surface area contributed by atoms with Gasteiger partial charge in [0.05, 0.1) is 52.2 Å². The molecule has 0 bridgehead atoms. The van der Waals surface area contributed by atoms with Gasteiger partial charge in [0.15, 0.2) is 12.4 Å². The van der Waals surface area contributed by atoms with Gasteiger partial charge in [0.2, 0.25) is 12.3 Å². The van der Waals surface area contributed by atoms with E-state index in [9.17, 15) is 9.59 Å². The van der Waals surface area contributed by atoms with Crippen molar-refractivity contribution in [1.82, 2.24) is 5.32 Å². The van der Waals surface area contributed by atoms with Crippen molar-refractivity contribution in [3.8, 4) is 0 Å². The van der Waals surface area contributed by atoms with Crippen LogP contribution in [0, 0.1) is 0 Å². The van der Waals surface area contributed by atoms with Gasteiger partial charge in [-0.3, -0.25) is 9.59 Å². The number of hydrogen-bond donors (Lipinski definition) is 1. The van der Waals surface area contributed by atoms with Crippen molar-refractivity contribution in [3.05, 3.63) is 179 Å². The van der Waals surface area contributed by atoms with Gasteiger partial charge in [-0.15, -0.1) is 0 Å². The van der Waals surface area contributed by atoms with Gasteiger partial charge in [-0.05, 0) is 34.7 Å². The summed E-state index contributed by atoms with van der Waals surface area (Å²) in [5.41, 5.74) is 4.34. The Morgan fingerprint density at radius 1 is 0.523 bits per heavy atom. The van der Waals surface area contributed by atoms with Crippen molar-refractivity contribution in [1.29, 1.82) is 0 Å². The number of benzene rings is 5. The third-order valence-electron chi connectivity index (χ3n) is 11.2. The van der Waals surface area contributed by atoms with Crippen LogP contribution in [0.4, 0.5) is 4.39 Å². The lowest BCUT2D eigenvalue weighted by Gasteiger charge is -2.49. The smallest absolute Gasteiger partial charge is 0.306 e. The van der Waals surface area contributed by atoms with Gasteiger partial charge in [0, 0.05) is 13.5 Å². The van der Waals surface area contributed by atoms with E-state index in [1.165, 1.54) is 7.05 Å². The molecule has 5 unspecified atom stereocenters. The maximum Gasteiger partial charge on any atom is 0.306 e. The van der Waals surface area contributed by atoms with Crippen LogP contribution in [0.5, 0.6) is 0 Å². The number of carbonyl (C=O) groups excluding carboxylic acids is 2. The quantitative estimate of drug-likeness (QED) is 0.0684. The first-order valence-corrected chi connectivity index (χ1v) is 22.1. The van der Waals surface area contributed by atoms with Crippen LogP contribution >= 0.6 is 0 Å². The molecule has 1 amide bonds. The second-order valence-electron chi connectivity index (χ2n) is 16.0. The molecule has 5 aromatic carbocycles. The lowest BCUT2D eigenvalue weighted by Crippen LogP contribution is -2.65. The van der Waals surface area contributed by atoms with E-state index in [4.69, 9.17) is 42.6 Å². The second-order valence-corrected chi connectivity index (χ2v) is 16.0. The molecule has 7 rings (SSSR count). The zero-order valence-electron chi connectivity index (χ0n) is 36.7. The van der Waals surface area contributed by atoms with Crippen LogP contribution < -0.4 is 5.32 Å². The molecule has 2 heterocycles. The van der Waals surface area contributed by atoms with Gasteiger partial charge in [0.1, 0.15) is 36.6 Å². The molecule has 5 aromatic rings. The highest BCUT2D eigenvalue weighted by molar-refractivity contribution is 5.81. The minimum atomic E-state index is -1.93. The predicted octanol–water partition coefficient (Wildman–Crippen LogP) is 7.81. The summed E-state index contributed by atoms with van der Waals surface area (Å²) >= 11 is 0. The minimum absolute atomic E-state index is 0.0602. The molecule has 2 aliphatic heterocycles. The number of esters is 1. The molecule has 0 radical (unpaired) electrons. The molecule has 13 heteroatoms. The maximum atomic E-state index is 16.7. The second kappa shape index (κ2) is 24.8. The standard InChI is InChI=1S/C52H58FNO11/c1-36-45(64-44(56)29-28-43(55)54-2)47(58-31-38-20-10-4-11-21-38)50(61-34-41-26-16-7-17-27-41)52(62-36)65-46-42(35-57-30-37-18-8-3-9-19-37)63-51(53)49(60-33-40-24-14-6-15-25-40)48(46)59-32-39-22-12-5-13-23-39/h3-27,36,42,45-52H,28-35H2,1-2H3,(H,54,55)/t36?,42-,45+,46-,47+,48?,49?,50?,51-,52?/m0/s1. The molecule has 0 aliphatic carbocycles. The summed E-state index contributed by atoms with van der Waals surface area (Å²) in [6, 6.07) is 47.8. The predicted molar refractivity (Wildman–Crippen MR) is 238 cm³/mol. The topological polar surface area (TPSA) is 129 Å². The molecule has 2 aliphatic rings. The van der Waals surface area contributed by atoms with Crippen molar-refractivity contribution in [3.63, 3.8) is 0 Å². The van der Waals surface area contributed by atoms with E-state index in [-0.39, 0.29) is 58.4 Å². The average Bonchev–Trinajstić information content (AvgIpc) is 3.34. The number of alkyl halides is 1. The Kier molecular flexibility index (Phi) is 18.2. The number of hydrogen-bond acceptors (Lipinski definition) is 11. The summed E-state index contributed by atoms with van der Waals surface area (Å²) in [7, 11) is 1.51. The lowest BCUT2D eigenvalue weighted by molar-refractivity contribution is -0.362. The van der Waals surface area contributed by atoms with Gasteiger partial charge >= 0.3 is 5.97 Å². The summed E-state index contributed by atoms with van der Waals surface area (Å²) in [5.74, 6) is -0.909. The number of nitrogens with one attached hydrogen (secondary N) is 1. The highest BCUT2D eigenvalue weighted by atomic mass is 19.1. The summed E-state index contributed by atoms with van der Waals surface area (Å²) in [5, 5.41) is 2.54. The van der Waals surface area contributed by atoms with Crippen molar-refractivity contribution in [2.24, 2.45) is 0 Å². The molecule has 0 saturated carbocycles. The van der Waals surface area contributed by atoms with E-state index >= 15 is 4.39 Å². The highest BCUT2D eigenvalue weighted by Crippen LogP contribution is 2.36. The van der Waals surface area contributed by atoms with Gasteiger partial charge in [-0.25, -0.2) is 4.39 Å². The monoisotopic (exact) mass is 891 g/mol. The first-order chi connectivity index (χ1) is 31.8. The Balaban J connectivity index is 1.24. The molecule has 10 atom stereocenters. The maximum absolute atomic E-state index is 16.7. The van der Waals surface area contributed by atoms with Gasteiger partial charge in [0.25, 0.3) is 0 Å². The van der Waals surface area contributed by atoms with Crippen LogP contribution in [-0.4, -0.2) is 87.0 Å². The molecule has 12 nitrogen and oxygen atoms in total. The van der Waals surface area contributed by atoms with Crippen LogP contribution in [0.25, 0.3) is 0 Å². The third kappa shape index (κ3) is 14.1. The lowest BCUT2D eigenvalue weighted by atomic mass is 9.96. The molecule has 65 heavy (non-hydrogen) atoms. The summed E-state index contributed by atoms with van der Waals surface area (Å²) in [6.45, 7) is 2.33. The average molecular weight is 892 g/mol. The molecule has 1 N–H and O–H groups in total. The molecule has 344 valence electrons. The van der Waals surface area contributed by atoms with E-state index < -0.39 is 67.4 Å². The van der Waals surface area contributed by atoms with Crippen molar-refractivity contribution in [2.75, 3.05) is 13.7 Å². The number of rotatable bonds is 22. The fourth-order valence-corrected chi connectivity index (χ4v) is 7.78. The number of amides is 1. The normalized spacial score (nSPS) is 25.4. The molecule has 2 fully saturated rings. The van der Waals surface area contributed by atoms with Crippen LogP contribution in [0.1, 0.15) is 47.6 Å². The molecule has 0 aromatic heterocycles. The SMILES string of the molecule is CNC(=O)CCC(=O)O[C@@H]1C(C)OC(O[C@@H]2C(OCc3ccccc3)C(OCc3ccccc3)[C@@H](F)O[C@H]2COCc2ccccc2)C(OCc2ccccc2)[C@@H]1OCc1ccccc1. The van der Waals surface area contributed by atoms with Crippen LogP contribution in [0.15, 0.2) is 152 Å². The van der Waals surface area contributed by atoms with Crippen LogP contribution in [0.3, 0.4) is 0 Å². The van der Waals surface area contributed by atoms with E-state index in [0.717, 1.165) is 27.8 Å². The first-order valence-electron chi connectivity index (χ1n) is 22.1. The molecular weight excluding hydrogens is 834 g/mol. The van der Waals surface area contributed by atoms with E-state index in [2.05, 4.69) is 5.32 Å². The molecular formula is C52H58FNO11. The Labute approximate surface area is 380 Å². The summed E-state index contributed by atoms with van der Waals surface area (Å²) in [6.07, 6.45) is -11.6. The first kappa shape index (κ1) is 47.6. The number of carbonyl (C=O) groups is 2. The van der Waals surface area contributed by atoms with Gasteiger partial charge in [-0.1, -0.05) is 152 Å². The Bertz CT molecular complexity index is 2140. The third-order valence-corrected chi connectivity index (χ3v) is 11.2. The van der Waals surface area contributed by atoms with Crippen molar-refractivity contribution in [2.45, 2.75) is 114 Å². The molecule has 2 saturated heterocycles. The zero-order chi connectivity index (χ0) is 45.2. The van der Waals surface area contributed by atoms with E-state index in [1.54, 1.807) is 6.92 Å². The Morgan fingerprint density at radius 3 is 1.40 bits per heavy atom. The van der Waals surface area contributed by atoms with Gasteiger partial charge < -0.3 is 47.9 Å². The van der Waals surface area contributed by atoms with Crippen molar-refractivity contribution >= 4 is 11.9 Å². The van der Waals surface area contributed by atoms with Gasteiger partial charge in [-0.2, -0.15) is 0 Å².